The van der Waals surface area contributed by atoms with E-state index in [-0.39, 0.29) is 17.2 Å². The van der Waals surface area contributed by atoms with Crippen LogP contribution in [-0.4, -0.2) is 41.6 Å². The minimum absolute atomic E-state index is 0.0162. The first-order valence-corrected chi connectivity index (χ1v) is 7.86. The zero-order valence-electron chi connectivity index (χ0n) is 12.6. The average molecular weight is 311 g/mol. The van der Waals surface area contributed by atoms with E-state index in [0.717, 1.165) is 19.4 Å². The van der Waals surface area contributed by atoms with Crippen molar-refractivity contribution in [1.82, 2.24) is 10.2 Å². The summed E-state index contributed by atoms with van der Waals surface area (Å²) in [5.41, 5.74) is 0.279. The number of halogens is 1. The van der Waals surface area contributed by atoms with Crippen LogP contribution in [-0.2, 0) is 0 Å². The molecule has 1 unspecified atom stereocenters. The highest BCUT2D eigenvalue weighted by Gasteiger charge is 2.24. The Hall–Kier alpha value is -1.26. The van der Waals surface area contributed by atoms with Crippen molar-refractivity contribution < 1.29 is 9.90 Å². The predicted molar refractivity (Wildman–Crippen MR) is 84.9 cm³/mol. The first-order chi connectivity index (χ1) is 9.97. The highest BCUT2D eigenvalue weighted by atomic mass is 35.5. The molecule has 116 valence electrons. The molecule has 2 rings (SSSR count). The molecule has 0 spiro atoms. The number of nitrogens with one attached hydrogen (secondary N) is 1. The van der Waals surface area contributed by atoms with Gasteiger partial charge in [-0.3, -0.25) is 4.79 Å². The Morgan fingerprint density at radius 3 is 2.90 bits per heavy atom. The van der Waals surface area contributed by atoms with Crippen molar-refractivity contribution >= 4 is 17.5 Å². The fourth-order valence-electron chi connectivity index (χ4n) is 2.71. The van der Waals surface area contributed by atoms with Gasteiger partial charge in [0.25, 0.3) is 5.91 Å². The maximum atomic E-state index is 12.7. The van der Waals surface area contributed by atoms with Crippen molar-refractivity contribution in [1.29, 1.82) is 0 Å². The molecule has 5 heteroatoms. The summed E-state index contributed by atoms with van der Waals surface area (Å²) >= 11 is 5.95. The highest BCUT2D eigenvalue weighted by Crippen LogP contribution is 2.24. The number of phenolic OH excluding ortho intramolecular Hbond substituents is 1. The van der Waals surface area contributed by atoms with Crippen molar-refractivity contribution in [3.05, 3.63) is 28.8 Å². The zero-order chi connectivity index (χ0) is 15.4. The Labute approximate surface area is 131 Å². The third-order valence-electron chi connectivity index (χ3n) is 3.66. The van der Waals surface area contributed by atoms with Crippen LogP contribution in [0.15, 0.2) is 18.2 Å². The Kier molecular flexibility index (Phi) is 5.48. The van der Waals surface area contributed by atoms with E-state index in [0.29, 0.717) is 30.1 Å². The van der Waals surface area contributed by atoms with E-state index in [4.69, 9.17) is 11.6 Å². The van der Waals surface area contributed by atoms with Gasteiger partial charge < -0.3 is 15.3 Å². The molecule has 4 nitrogen and oxygen atoms in total. The van der Waals surface area contributed by atoms with Crippen molar-refractivity contribution in [3.63, 3.8) is 0 Å². The van der Waals surface area contributed by atoms with Crippen molar-refractivity contribution in [2.24, 2.45) is 5.92 Å². The summed E-state index contributed by atoms with van der Waals surface area (Å²) in [4.78, 5) is 14.5. The van der Waals surface area contributed by atoms with Crippen LogP contribution in [0.25, 0.3) is 0 Å². The molecule has 1 heterocycles. The molecule has 0 bridgehead atoms. The van der Waals surface area contributed by atoms with Crippen LogP contribution < -0.4 is 5.32 Å². The number of nitrogens with zero attached hydrogens (tertiary/aromatic N) is 1. The van der Waals surface area contributed by atoms with Gasteiger partial charge in [-0.05, 0) is 43.5 Å². The fraction of sp³-hybridized carbons (Fsp3) is 0.562. The molecule has 2 N–H and O–H groups in total. The summed E-state index contributed by atoms with van der Waals surface area (Å²) in [6, 6.07) is 4.93. The van der Waals surface area contributed by atoms with E-state index in [1.54, 1.807) is 6.07 Å². The molecule has 0 aliphatic carbocycles. The van der Waals surface area contributed by atoms with E-state index in [1.807, 2.05) is 4.90 Å². The number of carbonyl (C=O) groups excluding carboxylic acids is 1. The quantitative estimate of drug-likeness (QED) is 0.879. The maximum Gasteiger partial charge on any atom is 0.257 e. The molecule has 0 radical (unpaired) electrons. The normalized spacial score (nSPS) is 18.2. The van der Waals surface area contributed by atoms with Gasteiger partial charge in [-0.25, -0.2) is 0 Å². The number of carbonyl (C=O) groups is 1. The van der Waals surface area contributed by atoms with E-state index >= 15 is 0 Å². The summed E-state index contributed by atoms with van der Waals surface area (Å²) in [5, 5.41) is 13.8. The van der Waals surface area contributed by atoms with Gasteiger partial charge >= 0.3 is 0 Å². The summed E-state index contributed by atoms with van der Waals surface area (Å²) < 4.78 is 0. The first-order valence-electron chi connectivity index (χ1n) is 7.48. The third-order valence-corrected chi connectivity index (χ3v) is 3.90. The zero-order valence-corrected chi connectivity index (χ0v) is 13.4. The monoisotopic (exact) mass is 310 g/mol. The molecular weight excluding hydrogens is 288 g/mol. The molecule has 1 aliphatic heterocycles. The van der Waals surface area contributed by atoms with E-state index < -0.39 is 0 Å². The standard InChI is InChI=1S/C16H23ClN2O2/c1-11(2)9-19(10-13-4-3-7-18-13)16(21)14-8-12(17)5-6-15(14)20/h5-6,8,11,13,18,20H,3-4,7,9-10H2,1-2H3. The molecule has 1 aromatic carbocycles. The van der Waals surface area contributed by atoms with Crippen LogP contribution in [0.3, 0.4) is 0 Å². The van der Waals surface area contributed by atoms with Crippen molar-refractivity contribution in [2.75, 3.05) is 19.6 Å². The summed E-state index contributed by atoms with van der Waals surface area (Å²) in [6.07, 6.45) is 2.24. The van der Waals surface area contributed by atoms with E-state index in [9.17, 15) is 9.90 Å². The first kappa shape index (κ1) is 16.1. The number of phenols is 1. The Morgan fingerprint density at radius 1 is 1.52 bits per heavy atom. The van der Waals surface area contributed by atoms with Crippen LogP contribution >= 0.6 is 11.6 Å². The van der Waals surface area contributed by atoms with Crippen LogP contribution in [0.5, 0.6) is 5.75 Å². The number of rotatable bonds is 5. The molecule has 1 aromatic rings. The van der Waals surface area contributed by atoms with Crippen LogP contribution in [0, 0.1) is 5.92 Å². The van der Waals surface area contributed by atoms with Crippen molar-refractivity contribution in [3.8, 4) is 5.75 Å². The number of benzene rings is 1. The average Bonchev–Trinajstić information content (AvgIpc) is 2.92. The van der Waals surface area contributed by atoms with Gasteiger partial charge in [-0.15, -0.1) is 0 Å². The topological polar surface area (TPSA) is 52.6 Å². The van der Waals surface area contributed by atoms with Gasteiger partial charge in [0.1, 0.15) is 5.75 Å². The Morgan fingerprint density at radius 2 is 2.29 bits per heavy atom. The second-order valence-corrected chi connectivity index (χ2v) is 6.50. The van der Waals surface area contributed by atoms with Gasteiger partial charge in [0, 0.05) is 24.2 Å². The second-order valence-electron chi connectivity index (χ2n) is 6.06. The van der Waals surface area contributed by atoms with Gasteiger partial charge in [0.2, 0.25) is 0 Å². The summed E-state index contributed by atoms with van der Waals surface area (Å²) in [7, 11) is 0. The maximum absolute atomic E-state index is 12.7. The van der Waals surface area contributed by atoms with E-state index in [1.165, 1.54) is 12.1 Å². The lowest BCUT2D eigenvalue weighted by Gasteiger charge is -2.28. The third kappa shape index (κ3) is 4.35. The Bertz CT molecular complexity index is 499. The summed E-state index contributed by atoms with van der Waals surface area (Å²) in [5.74, 6) is 0.201. The minimum Gasteiger partial charge on any atom is -0.507 e. The van der Waals surface area contributed by atoms with Crippen LogP contribution in [0.1, 0.15) is 37.0 Å². The lowest BCUT2D eigenvalue weighted by Crippen LogP contribution is -2.42. The summed E-state index contributed by atoms with van der Waals surface area (Å²) in [6.45, 7) is 6.52. The molecule has 1 aliphatic rings. The van der Waals surface area contributed by atoms with Gasteiger partial charge in [0.15, 0.2) is 0 Å². The van der Waals surface area contributed by atoms with E-state index in [2.05, 4.69) is 19.2 Å². The largest absolute Gasteiger partial charge is 0.507 e. The number of aromatic hydroxyl groups is 1. The molecule has 0 saturated carbocycles. The van der Waals surface area contributed by atoms with Gasteiger partial charge in [-0.2, -0.15) is 0 Å². The van der Waals surface area contributed by atoms with Gasteiger partial charge in [-0.1, -0.05) is 25.4 Å². The van der Waals surface area contributed by atoms with Crippen molar-refractivity contribution in [2.45, 2.75) is 32.7 Å². The smallest absolute Gasteiger partial charge is 0.257 e. The number of amides is 1. The number of hydrogen-bond donors (Lipinski definition) is 2. The number of hydrogen-bond acceptors (Lipinski definition) is 3. The Balaban J connectivity index is 2.17. The van der Waals surface area contributed by atoms with Crippen LogP contribution in [0.2, 0.25) is 5.02 Å². The fourth-order valence-corrected chi connectivity index (χ4v) is 2.88. The molecule has 1 atom stereocenters. The predicted octanol–water partition coefficient (Wildman–Crippen LogP) is 2.90. The molecule has 0 aromatic heterocycles. The van der Waals surface area contributed by atoms with Crippen LogP contribution in [0.4, 0.5) is 0 Å². The lowest BCUT2D eigenvalue weighted by molar-refractivity contribution is 0.0718. The molecule has 1 fully saturated rings. The minimum atomic E-state index is -0.155. The van der Waals surface area contributed by atoms with Gasteiger partial charge in [0.05, 0.1) is 5.56 Å². The molecule has 1 amide bonds. The molecule has 21 heavy (non-hydrogen) atoms. The highest BCUT2D eigenvalue weighted by molar-refractivity contribution is 6.31. The molecule has 1 saturated heterocycles. The lowest BCUT2D eigenvalue weighted by atomic mass is 10.1. The SMILES string of the molecule is CC(C)CN(CC1CCCN1)C(=O)c1cc(Cl)ccc1O. The second kappa shape index (κ2) is 7.14. The molecular formula is C16H23ClN2O2.